The Balaban J connectivity index is 2.39. The van der Waals surface area contributed by atoms with Gasteiger partial charge in [0.1, 0.15) is 10.2 Å². The molecule has 3 rings (SSSR count). The predicted molar refractivity (Wildman–Crippen MR) is 82.4 cm³/mol. The molecule has 1 aromatic heterocycles. The van der Waals surface area contributed by atoms with Crippen molar-refractivity contribution in [3.05, 3.63) is 68.2 Å². The van der Waals surface area contributed by atoms with Gasteiger partial charge < -0.3 is 4.42 Å². The zero-order valence-electron chi connectivity index (χ0n) is 10.6. The van der Waals surface area contributed by atoms with Crippen molar-refractivity contribution in [1.82, 2.24) is 4.57 Å². The van der Waals surface area contributed by atoms with E-state index in [1.165, 1.54) is 4.57 Å². The van der Waals surface area contributed by atoms with Crippen LogP contribution in [-0.2, 0) is 0 Å². The molecule has 0 spiro atoms. The minimum absolute atomic E-state index is 0.433. The van der Waals surface area contributed by atoms with Crippen LogP contribution in [0.3, 0.4) is 0 Å². The van der Waals surface area contributed by atoms with Crippen molar-refractivity contribution in [2.75, 3.05) is 0 Å². The number of rotatable bonds is 1. The highest BCUT2D eigenvalue weighted by Crippen LogP contribution is 2.19. The number of aromatic nitrogens is 1. The summed E-state index contributed by atoms with van der Waals surface area (Å²) in [5.74, 6) is -0.506. The Morgan fingerprint density at radius 3 is 2.55 bits per heavy atom. The summed E-state index contributed by atoms with van der Waals surface area (Å²) >= 11 is 11.3. The van der Waals surface area contributed by atoms with Gasteiger partial charge in [0.05, 0.1) is 11.1 Å². The standard InChI is InChI=1S/C15H10ClNO2S/c1-9-2-7-13-12(8-9)14(20)17(15(18)19-13)11-5-3-10(16)4-6-11/h2-8H,1H3. The average molecular weight is 304 g/mol. The van der Waals surface area contributed by atoms with Gasteiger partial charge in [-0.15, -0.1) is 0 Å². The summed E-state index contributed by atoms with van der Waals surface area (Å²) in [5, 5.41) is 1.34. The molecule has 0 fully saturated rings. The van der Waals surface area contributed by atoms with Crippen LogP contribution in [0.5, 0.6) is 0 Å². The van der Waals surface area contributed by atoms with Gasteiger partial charge in [-0.2, -0.15) is 0 Å². The lowest BCUT2D eigenvalue weighted by Gasteiger charge is -2.07. The molecular formula is C15H10ClNO2S. The minimum Gasteiger partial charge on any atom is -0.409 e. The third-order valence-electron chi connectivity index (χ3n) is 3.03. The normalized spacial score (nSPS) is 10.9. The third-order valence-corrected chi connectivity index (χ3v) is 3.69. The van der Waals surface area contributed by atoms with Crippen molar-refractivity contribution in [3.63, 3.8) is 0 Å². The van der Waals surface area contributed by atoms with Gasteiger partial charge >= 0.3 is 5.76 Å². The Morgan fingerprint density at radius 1 is 1.15 bits per heavy atom. The molecule has 0 bridgehead atoms. The molecule has 3 nitrogen and oxygen atoms in total. The molecule has 5 heteroatoms. The van der Waals surface area contributed by atoms with E-state index in [2.05, 4.69) is 0 Å². The van der Waals surface area contributed by atoms with E-state index in [9.17, 15) is 4.79 Å². The second-order valence-corrected chi connectivity index (χ2v) is 5.31. The Morgan fingerprint density at radius 2 is 1.85 bits per heavy atom. The summed E-state index contributed by atoms with van der Waals surface area (Å²) < 4.78 is 7.12. The van der Waals surface area contributed by atoms with Crippen molar-refractivity contribution in [2.24, 2.45) is 0 Å². The molecule has 100 valence electrons. The molecule has 1 heterocycles. The number of hydrogen-bond acceptors (Lipinski definition) is 3. The highest BCUT2D eigenvalue weighted by atomic mass is 35.5. The molecule has 0 atom stereocenters. The number of hydrogen-bond donors (Lipinski definition) is 0. The van der Waals surface area contributed by atoms with E-state index in [-0.39, 0.29) is 0 Å². The number of nitrogens with zero attached hydrogens (tertiary/aromatic N) is 1. The highest BCUT2D eigenvalue weighted by molar-refractivity contribution is 7.71. The summed E-state index contributed by atoms with van der Waals surface area (Å²) in [5.41, 5.74) is 2.19. The largest absolute Gasteiger partial charge is 0.425 e. The third kappa shape index (κ3) is 2.17. The lowest BCUT2D eigenvalue weighted by Crippen LogP contribution is -2.17. The molecule has 20 heavy (non-hydrogen) atoms. The fraction of sp³-hybridized carbons (Fsp3) is 0.0667. The highest BCUT2D eigenvalue weighted by Gasteiger charge is 2.09. The van der Waals surface area contributed by atoms with Gasteiger partial charge in [0.25, 0.3) is 0 Å². The number of benzene rings is 2. The first-order valence-electron chi connectivity index (χ1n) is 5.99. The second kappa shape index (κ2) is 4.89. The van der Waals surface area contributed by atoms with Crippen LogP contribution in [0.15, 0.2) is 51.7 Å². The quantitative estimate of drug-likeness (QED) is 0.630. The Kier molecular flexibility index (Phi) is 3.20. The average Bonchev–Trinajstić information content (AvgIpc) is 2.42. The van der Waals surface area contributed by atoms with Gasteiger partial charge in [0.15, 0.2) is 0 Å². The van der Waals surface area contributed by atoms with E-state index < -0.39 is 5.76 Å². The monoisotopic (exact) mass is 303 g/mol. The molecule has 0 N–H and O–H groups in total. The van der Waals surface area contributed by atoms with Crippen LogP contribution < -0.4 is 5.76 Å². The van der Waals surface area contributed by atoms with Gasteiger partial charge in [-0.1, -0.05) is 35.4 Å². The van der Waals surface area contributed by atoms with Crippen LogP contribution in [-0.4, -0.2) is 4.57 Å². The van der Waals surface area contributed by atoms with E-state index in [4.69, 9.17) is 28.2 Å². The van der Waals surface area contributed by atoms with E-state index >= 15 is 0 Å². The van der Waals surface area contributed by atoms with Gasteiger partial charge in [-0.05, 0) is 43.3 Å². The van der Waals surface area contributed by atoms with E-state index in [1.54, 1.807) is 30.3 Å². The van der Waals surface area contributed by atoms with E-state index in [1.807, 2.05) is 19.1 Å². The first kappa shape index (κ1) is 13.1. The van der Waals surface area contributed by atoms with Crippen LogP contribution in [0.25, 0.3) is 16.7 Å². The zero-order valence-corrected chi connectivity index (χ0v) is 12.2. The Hall–Kier alpha value is -1.91. The molecule has 0 radical (unpaired) electrons. The van der Waals surface area contributed by atoms with Crippen LogP contribution in [0.2, 0.25) is 5.02 Å². The van der Waals surface area contributed by atoms with Crippen molar-refractivity contribution in [3.8, 4) is 5.69 Å². The second-order valence-electron chi connectivity index (χ2n) is 4.48. The fourth-order valence-electron chi connectivity index (χ4n) is 2.06. The Bertz CT molecular complexity index is 910. The molecule has 0 aliphatic heterocycles. The number of halogens is 1. The molecule has 2 aromatic carbocycles. The van der Waals surface area contributed by atoms with Crippen molar-refractivity contribution in [1.29, 1.82) is 0 Å². The summed E-state index contributed by atoms with van der Waals surface area (Å²) in [7, 11) is 0. The van der Waals surface area contributed by atoms with Gasteiger partial charge in [0, 0.05) is 5.02 Å². The van der Waals surface area contributed by atoms with Gasteiger partial charge in [-0.3, -0.25) is 0 Å². The maximum atomic E-state index is 12.1. The van der Waals surface area contributed by atoms with Crippen LogP contribution in [0, 0.1) is 11.6 Å². The SMILES string of the molecule is Cc1ccc2oc(=O)n(-c3ccc(Cl)cc3)c(=S)c2c1. The van der Waals surface area contributed by atoms with Crippen molar-refractivity contribution in [2.45, 2.75) is 6.92 Å². The Labute approximate surface area is 125 Å². The van der Waals surface area contributed by atoms with Crippen molar-refractivity contribution < 1.29 is 4.42 Å². The molecule has 0 saturated heterocycles. The topological polar surface area (TPSA) is 35.1 Å². The molecule has 0 amide bonds. The number of fused-ring (bicyclic) bond motifs is 1. The van der Waals surface area contributed by atoms with Crippen LogP contribution in [0.4, 0.5) is 0 Å². The predicted octanol–water partition coefficient (Wildman–Crippen LogP) is 4.28. The summed E-state index contributed by atoms with van der Waals surface area (Å²) in [6.45, 7) is 1.96. The summed E-state index contributed by atoms with van der Waals surface area (Å²) in [6, 6.07) is 12.4. The van der Waals surface area contributed by atoms with Gasteiger partial charge in [0.2, 0.25) is 0 Å². The molecule has 0 aliphatic carbocycles. The molecule has 0 unspecified atom stereocenters. The molecule has 3 aromatic rings. The van der Waals surface area contributed by atoms with Crippen molar-refractivity contribution >= 4 is 34.8 Å². The lowest BCUT2D eigenvalue weighted by atomic mass is 10.2. The molecular weight excluding hydrogens is 294 g/mol. The summed E-state index contributed by atoms with van der Waals surface area (Å²) in [6.07, 6.45) is 0. The molecule has 0 saturated carbocycles. The molecule has 0 aliphatic rings. The first-order valence-corrected chi connectivity index (χ1v) is 6.77. The fourth-order valence-corrected chi connectivity index (χ4v) is 2.52. The minimum atomic E-state index is -0.506. The van der Waals surface area contributed by atoms with E-state index in [0.717, 1.165) is 10.9 Å². The van der Waals surface area contributed by atoms with Crippen LogP contribution in [0.1, 0.15) is 5.56 Å². The first-order chi connectivity index (χ1) is 9.56. The maximum absolute atomic E-state index is 12.1. The van der Waals surface area contributed by atoms with E-state index in [0.29, 0.717) is 20.9 Å². The number of aryl methyl sites for hydroxylation is 1. The van der Waals surface area contributed by atoms with Gasteiger partial charge in [-0.25, -0.2) is 9.36 Å². The maximum Gasteiger partial charge on any atom is 0.425 e. The summed E-state index contributed by atoms with van der Waals surface area (Å²) in [4.78, 5) is 12.1. The lowest BCUT2D eigenvalue weighted by molar-refractivity contribution is 0.507. The van der Waals surface area contributed by atoms with Crippen LogP contribution >= 0.6 is 23.8 Å². The zero-order chi connectivity index (χ0) is 14.3. The smallest absolute Gasteiger partial charge is 0.409 e.